The molecule has 2 aliphatic heterocycles. The van der Waals surface area contributed by atoms with Crippen LogP contribution in [0.2, 0.25) is 0 Å². The molecule has 3 aliphatic rings. The van der Waals surface area contributed by atoms with Crippen LogP contribution in [0.25, 0.3) is 0 Å². The van der Waals surface area contributed by atoms with E-state index in [1.807, 2.05) is 28.0 Å². The van der Waals surface area contributed by atoms with Gasteiger partial charge in [0.1, 0.15) is 0 Å². The standard InChI is InChI=1S/C20H27N3O2.ClH/c21-18-13-22(12-17(18)14-6-2-1-3-7-14)20(25)15-10-19(24)23(11-15)16-8-4-5-9-16;/h1-3,6-7,15-18H,4-5,8-13,21H2;1H/t15?,17-,18+;/m0./s1. The van der Waals surface area contributed by atoms with Crippen LogP contribution in [-0.4, -0.2) is 53.3 Å². The Morgan fingerprint density at radius 1 is 1.04 bits per heavy atom. The average molecular weight is 378 g/mol. The monoisotopic (exact) mass is 377 g/mol. The molecule has 4 rings (SSSR count). The van der Waals surface area contributed by atoms with Gasteiger partial charge in [-0.1, -0.05) is 43.2 Å². The second-order valence-electron chi connectivity index (χ2n) is 7.81. The van der Waals surface area contributed by atoms with Gasteiger partial charge in [-0.15, -0.1) is 12.4 Å². The fraction of sp³-hybridized carbons (Fsp3) is 0.600. The summed E-state index contributed by atoms with van der Waals surface area (Å²) in [7, 11) is 0. The summed E-state index contributed by atoms with van der Waals surface area (Å²) in [6.45, 7) is 1.86. The summed E-state index contributed by atoms with van der Waals surface area (Å²) in [5.74, 6) is 0.277. The molecule has 1 aromatic carbocycles. The van der Waals surface area contributed by atoms with Gasteiger partial charge in [0.15, 0.2) is 0 Å². The molecule has 6 heteroatoms. The van der Waals surface area contributed by atoms with Gasteiger partial charge < -0.3 is 15.5 Å². The van der Waals surface area contributed by atoms with E-state index >= 15 is 0 Å². The lowest BCUT2D eigenvalue weighted by atomic mass is 9.95. The lowest BCUT2D eigenvalue weighted by Crippen LogP contribution is -2.39. The largest absolute Gasteiger partial charge is 0.340 e. The van der Waals surface area contributed by atoms with Gasteiger partial charge in [0.2, 0.25) is 11.8 Å². The maximum atomic E-state index is 13.0. The number of hydrogen-bond acceptors (Lipinski definition) is 3. The van der Waals surface area contributed by atoms with Crippen LogP contribution in [0.3, 0.4) is 0 Å². The van der Waals surface area contributed by atoms with Crippen LogP contribution in [0.1, 0.15) is 43.6 Å². The van der Waals surface area contributed by atoms with Crippen LogP contribution in [0, 0.1) is 5.92 Å². The number of carbonyl (C=O) groups is 2. The van der Waals surface area contributed by atoms with Crippen LogP contribution in [-0.2, 0) is 9.59 Å². The molecule has 26 heavy (non-hydrogen) atoms. The Morgan fingerprint density at radius 3 is 2.42 bits per heavy atom. The molecule has 0 radical (unpaired) electrons. The predicted molar refractivity (Wildman–Crippen MR) is 103 cm³/mol. The van der Waals surface area contributed by atoms with Gasteiger partial charge in [-0.2, -0.15) is 0 Å². The van der Waals surface area contributed by atoms with Crippen LogP contribution in [0.15, 0.2) is 30.3 Å². The van der Waals surface area contributed by atoms with E-state index in [1.165, 1.54) is 18.4 Å². The van der Waals surface area contributed by atoms with Gasteiger partial charge in [0.05, 0.1) is 5.92 Å². The molecular weight excluding hydrogens is 350 g/mol. The summed E-state index contributed by atoms with van der Waals surface area (Å²) in [6, 6.07) is 10.5. The summed E-state index contributed by atoms with van der Waals surface area (Å²) < 4.78 is 0. The highest BCUT2D eigenvalue weighted by Crippen LogP contribution is 2.32. The molecule has 3 atom stereocenters. The van der Waals surface area contributed by atoms with E-state index in [-0.39, 0.29) is 42.1 Å². The van der Waals surface area contributed by atoms with E-state index in [0.717, 1.165) is 12.8 Å². The average Bonchev–Trinajstić information content (AvgIpc) is 3.34. The first kappa shape index (κ1) is 19.2. The summed E-state index contributed by atoms with van der Waals surface area (Å²) in [5.41, 5.74) is 7.52. The van der Waals surface area contributed by atoms with E-state index in [2.05, 4.69) is 12.1 Å². The Labute approximate surface area is 161 Å². The lowest BCUT2D eigenvalue weighted by Gasteiger charge is -2.25. The second-order valence-corrected chi connectivity index (χ2v) is 7.81. The Kier molecular flexibility index (Phi) is 5.88. The van der Waals surface area contributed by atoms with Crippen molar-refractivity contribution in [1.29, 1.82) is 0 Å². The molecular formula is C20H28ClN3O2. The Balaban J connectivity index is 0.00000196. The van der Waals surface area contributed by atoms with Crippen molar-refractivity contribution in [2.24, 2.45) is 11.7 Å². The van der Waals surface area contributed by atoms with Gasteiger partial charge in [0.25, 0.3) is 0 Å². The molecule has 1 aromatic rings. The zero-order chi connectivity index (χ0) is 17.4. The van der Waals surface area contributed by atoms with Crippen LogP contribution in [0.4, 0.5) is 0 Å². The quantitative estimate of drug-likeness (QED) is 0.877. The fourth-order valence-corrected chi connectivity index (χ4v) is 4.79. The number of nitrogens with zero attached hydrogens (tertiary/aromatic N) is 2. The van der Waals surface area contributed by atoms with Gasteiger partial charge in [0, 0.05) is 44.1 Å². The third-order valence-corrected chi connectivity index (χ3v) is 6.18. The third-order valence-electron chi connectivity index (χ3n) is 6.18. The van der Waals surface area contributed by atoms with E-state index in [1.54, 1.807) is 0 Å². The molecule has 2 saturated heterocycles. The number of rotatable bonds is 3. The van der Waals surface area contributed by atoms with Crippen molar-refractivity contribution in [3.05, 3.63) is 35.9 Å². The predicted octanol–water partition coefficient (Wildman–Crippen LogP) is 2.15. The zero-order valence-corrected chi connectivity index (χ0v) is 15.9. The van der Waals surface area contributed by atoms with E-state index in [0.29, 0.717) is 32.1 Å². The summed E-state index contributed by atoms with van der Waals surface area (Å²) in [5, 5.41) is 0. The lowest BCUT2D eigenvalue weighted by molar-refractivity contribution is -0.135. The number of hydrogen-bond donors (Lipinski definition) is 1. The molecule has 0 aromatic heterocycles. The highest BCUT2D eigenvalue weighted by atomic mass is 35.5. The number of benzene rings is 1. The molecule has 1 unspecified atom stereocenters. The molecule has 142 valence electrons. The minimum absolute atomic E-state index is 0. The Morgan fingerprint density at radius 2 is 1.73 bits per heavy atom. The molecule has 1 saturated carbocycles. The van der Waals surface area contributed by atoms with E-state index in [4.69, 9.17) is 5.73 Å². The van der Waals surface area contributed by atoms with Crippen LogP contribution < -0.4 is 5.73 Å². The second kappa shape index (κ2) is 7.97. The normalized spacial score (nSPS) is 29.3. The highest BCUT2D eigenvalue weighted by Gasteiger charge is 2.42. The number of carbonyl (C=O) groups excluding carboxylic acids is 2. The van der Waals surface area contributed by atoms with Crippen molar-refractivity contribution in [2.45, 2.75) is 50.1 Å². The number of amides is 2. The van der Waals surface area contributed by atoms with E-state index < -0.39 is 0 Å². The third kappa shape index (κ3) is 3.60. The first-order valence-corrected chi connectivity index (χ1v) is 9.52. The Bertz CT molecular complexity index is 648. The van der Waals surface area contributed by atoms with Gasteiger partial charge in [-0.3, -0.25) is 9.59 Å². The zero-order valence-electron chi connectivity index (χ0n) is 15.0. The van der Waals surface area contributed by atoms with Gasteiger partial charge in [-0.05, 0) is 18.4 Å². The summed E-state index contributed by atoms with van der Waals surface area (Å²) >= 11 is 0. The molecule has 5 nitrogen and oxygen atoms in total. The molecule has 2 N–H and O–H groups in total. The fourth-order valence-electron chi connectivity index (χ4n) is 4.79. The van der Waals surface area contributed by atoms with E-state index in [9.17, 15) is 9.59 Å². The smallest absolute Gasteiger partial charge is 0.228 e. The molecule has 2 amide bonds. The number of likely N-dealkylation sites (tertiary alicyclic amines) is 2. The molecule has 3 fully saturated rings. The maximum Gasteiger partial charge on any atom is 0.228 e. The van der Waals surface area contributed by atoms with Gasteiger partial charge in [-0.25, -0.2) is 0 Å². The van der Waals surface area contributed by atoms with Crippen LogP contribution >= 0.6 is 12.4 Å². The first-order chi connectivity index (χ1) is 12.1. The van der Waals surface area contributed by atoms with Crippen molar-refractivity contribution in [1.82, 2.24) is 9.80 Å². The molecule has 0 bridgehead atoms. The molecule has 2 heterocycles. The summed E-state index contributed by atoms with van der Waals surface area (Å²) in [4.78, 5) is 29.2. The molecule has 0 spiro atoms. The minimum atomic E-state index is -0.185. The van der Waals surface area contributed by atoms with Crippen molar-refractivity contribution >= 4 is 24.2 Å². The van der Waals surface area contributed by atoms with Crippen LogP contribution in [0.5, 0.6) is 0 Å². The number of nitrogens with two attached hydrogens (primary N) is 1. The van der Waals surface area contributed by atoms with Gasteiger partial charge >= 0.3 is 0 Å². The highest BCUT2D eigenvalue weighted by molar-refractivity contribution is 5.89. The van der Waals surface area contributed by atoms with Crippen molar-refractivity contribution in [3.63, 3.8) is 0 Å². The molecule has 1 aliphatic carbocycles. The topological polar surface area (TPSA) is 66.6 Å². The van der Waals surface area contributed by atoms with Crippen molar-refractivity contribution in [3.8, 4) is 0 Å². The van der Waals surface area contributed by atoms with Crippen molar-refractivity contribution < 1.29 is 9.59 Å². The first-order valence-electron chi connectivity index (χ1n) is 9.52. The number of halogens is 1. The Hall–Kier alpha value is -1.59. The minimum Gasteiger partial charge on any atom is -0.340 e. The maximum absolute atomic E-state index is 13.0. The SMILES string of the molecule is Cl.N[C@@H]1CN(C(=O)C2CC(=O)N(C3CCCC3)C2)C[C@H]1c1ccccc1. The summed E-state index contributed by atoms with van der Waals surface area (Å²) in [6.07, 6.45) is 4.96. The van der Waals surface area contributed by atoms with Crippen molar-refractivity contribution in [2.75, 3.05) is 19.6 Å².